The number of phenols is 1. The molecule has 7 unspecified atom stereocenters. The number of rotatable bonds is 2. The van der Waals surface area contributed by atoms with Crippen molar-refractivity contribution in [1.29, 1.82) is 0 Å². The molecule has 0 aromatic heterocycles. The van der Waals surface area contributed by atoms with Crippen LogP contribution < -0.4 is 0 Å². The molecule has 36 heavy (non-hydrogen) atoms. The van der Waals surface area contributed by atoms with E-state index in [4.69, 9.17) is 0 Å². The Balaban J connectivity index is 1.65. The highest BCUT2D eigenvalue weighted by Gasteiger charge is 2.69. The molecule has 0 radical (unpaired) electrons. The van der Waals surface area contributed by atoms with Crippen molar-refractivity contribution in [1.82, 2.24) is 0 Å². The maximum Gasteiger partial charge on any atom is 0.190 e. The lowest BCUT2D eigenvalue weighted by Gasteiger charge is -2.53. The van der Waals surface area contributed by atoms with Gasteiger partial charge in [0.05, 0.1) is 17.6 Å². The van der Waals surface area contributed by atoms with Gasteiger partial charge in [0.15, 0.2) is 28.7 Å². The first kappa shape index (κ1) is 24.1. The fourth-order valence-electron chi connectivity index (χ4n) is 6.34. The third-order valence-electron chi connectivity index (χ3n) is 8.14. The molecule has 8 nitrogen and oxygen atoms in total. The lowest BCUT2D eigenvalue weighted by atomic mass is 9.50. The highest BCUT2D eigenvalue weighted by Crippen LogP contribution is 2.54. The molecule has 2 saturated carbocycles. The molecule has 2 fully saturated rings. The molecule has 0 saturated heterocycles. The van der Waals surface area contributed by atoms with E-state index >= 15 is 0 Å². The average molecular weight is 494 g/mol. The summed E-state index contributed by atoms with van der Waals surface area (Å²) >= 11 is 0. The smallest absolute Gasteiger partial charge is 0.190 e. The second kappa shape index (κ2) is 7.97. The maximum atomic E-state index is 13.7. The minimum absolute atomic E-state index is 0.185. The van der Waals surface area contributed by atoms with Crippen molar-refractivity contribution in [2.24, 2.45) is 23.7 Å². The lowest BCUT2D eigenvalue weighted by molar-refractivity contribution is -0.189. The van der Waals surface area contributed by atoms with E-state index in [1.165, 1.54) is 24.3 Å². The Bertz CT molecular complexity index is 1360. The number of hydrogen-bond acceptors (Lipinski definition) is 8. The number of Topliss-reactive ketones (excluding diaryl/α,β-unsaturated/α-hetero) is 5. The Labute approximate surface area is 204 Å². The van der Waals surface area contributed by atoms with E-state index in [9.17, 15) is 43.7 Å². The molecule has 186 valence electrons. The molecule has 0 spiro atoms. The number of hydrogen-bond donors (Lipinski definition) is 3. The number of aliphatic hydroxyl groups excluding tert-OH is 1. The van der Waals surface area contributed by atoms with E-state index in [-0.39, 0.29) is 11.1 Å². The Kier molecular flexibility index (Phi) is 5.35. The summed E-state index contributed by atoms with van der Waals surface area (Å²) in [5.41, 5.74) is -2.09. The summed E-state index contributed by atoms with van der Waals surface area (Å²) in [7, 11) is 0. The van der Waals surface area contributed by atoms with Gasteiger partial charge < -0.3 is 15.3 Å². The van der Waals surface area contributed by atoms with Gasteiger partial charge >= 0.3 is 0 Å². The summed E-state index contributed by atoms with van der Waals surface area (Å²) in [6.45, 7) is 2.64. The zero-order chi connectivity index (χ0) is 26.3. The van der Waals surface area contributed by atoms with E-state index < -0.39 is 88.2 Å². The fourth-order valence-corrected chi connectivity index (χ4v) is 6.34. The first-order valence-electron chi connectivity index (χ1n) is 11.6. The molecule has 0 bridgehead atoms. The second-order valence-corrected chi connectivity index (χ2v) is 9.95. The minimum atomic E-state index is -2.89. The molecule has 2 aromatic carbocycles. The number of carbonyl (C=O) groups excluding carboxylic acids is 5. The zero-order valence-corrected chi connectivity index (χ0v) is 19.4. The Morgan fingerprint density at radius 3 is 2.28 bits per heavy atom. The number of carbonyl (C=O) groups is 5. The van der Waals surface area contributed by atoms with E-state index in [0.717, 1.165) is 6.92 Å². The first-order chi connectivity index (χ1) is 16.9. The number of fused-ring (bicyclic) bond motifs is 3. The zero-order valence-electron chi connectivity index (χ0n) is 19.4. The van der Waals surface area contributed by atoms with Crippen LogP contribution in [0.1, 0.15) is 42.1 Å². The van der Waals surface area contributed by atoms with Gasteiger partial charge in [0.1, 0.15) is 23.3 Å². The Hall–Kier alpha value is -3.56. The van der Waals surface area contributed by atoms with Gasteiger partial charge in [-0.1, -0.05) is 31.2 Å². The van der Waals surface area contributed by atoms with Crippen molar-refractivity contribution in [3.63, 3.8) is 0 Å². The van der Waals surface area contributed by atoms with Crippen molar-refractivity contribution in [2.75, 3.05) is 0 Å². The van der Waals surface area contributed by atoms with Gasteiger partial charge in [-0.05, 0) is 36.1 Å². The monoisotopic (exact) mass is 494 g/mol. The van der Waals surface area contributed by atoms with Crippen LogP contribution in [0, 0.1) is 29.5 Å². The van der Waals surface area contributed by atoms with Gasteiger partial charge in [-0.15, -0.1) is 0 Å². The Morgan fingerprint density at radius 2 is 1.67 bits per heavy atom. The van der Waals surface area contributed by atoms with Gasteiger partial charge in [-0.2, -0.15) is 0 Å². The summed E-state index contributed by atoms with van der Waals surface area (Å²) < 4.78 is 13.4. The highest BCUT2D eigenvalue weighted by molar-refractivity contribution is 6.31. The standard InChI is InChI=1S/C27H23FO8/c1-10-14-7-8-15(12-3-5-13(28)6-4-12)22(31)20(14)24(33)21-18(10)23(32)16-9-17(30)19(11(2)29)25(34)27(16,36)26(21)35/h3-8,10,16,18-19,21,23,31-32,36H,9H2,1-2H3. The van der Waals surface area contributed by atoms with Crippen molar-refractivity contribution in [3.8, 4) is 16.9 Å². The largest absolute Gasteiger partial charge is 0.507 e. The number of phenolic OH excluding ortho intramolecular Hbond substituents is 1. The number of aromatic hydroxyl groups is 1. The normalized spacial score (nSPS) is 33.6. The quantitative estimate of drug-likeness (QED) is 0.536. The number of aliphatic hydroxyl groups is 2. The third kappa shape index (κ3) is 3.02. The van der Waals surface area contributed by atoms with E-state index in [2.05, 4.69) is 0 Å². The van der Waals surface area contributed by atoms with Crippen molar-refractivity contribution in [2.45, 2.75) is 37.9 Å². The van der Waals surface area contributed by atoms with Crippen LogP contribution in [0.5, 0.6) is 5.75 Å². The second-order valence-electron chi connectivity index (χ2n) is 9.95. The van der Waals surface area contributed by atoms with Crippen LogP contribution in [0.4, 0.5) is 4.39 Å². The van der Waals surface area contributed by atoms with E-state index in [0.29, 0.717) is 11.1 Å². The molecular formula is C27H23FO8. The number of ketones is 5. The van der Waals surface area contributed by atoms with Crippen LogP contribution in [-0.4, -0.2) is 55.9 Å². The third-order valence-corrected chi connectivity index (χ3v) is 8.14. The maximum absolute atomic E-state index is 13.7. The van der Waals surface area contributed by atoms with Gasteiger partial charge in [0.2, 0.25) is 0 Å². The first-order valence-corrected chi connectivity index (χ1v) is 11.6. The molecule has 2 aromatic rings. The van der Waals surface area contributed by atoms with Crippen LogP contribution in [0.2, 0.25) is 0 Å². The Morgan fingerprint density at radius 1 is 1.03 bits per heavy atom. The lowest BCUT2D eigenvalue weighted by Crippen LogP contribution is -2.72. The van der Waals surface area contributed by atoms with Gasteiger partial charge in [0, 0.05) is 23.8 Å². The fraction of sp³-hybridized carbons (Fsp3) is 0.370. The number of benzene rings is 2. The highest BCUT2D eigenvalue weighted by atomic mass is 19.1. The van der Waals surface area contributed by atoms with Crippen molar-refractivity contribution in [3.05, 3.63) is 53.3 Å². The van der Waals surface area contributed by atoms with Crippen LogP contribution in [0.3, 0.4) is 0 Å². The molecule has 0 amide bonds. The van der Waals surface area contributed by atoms with E-state index in [1.54, 1.807) is 19.1 Å². The van der Waals surface area contributed by atoms with Gasteiger partial charge in [0.25, 0.3) is 0 Å². The summed E-state index contributed by atoms with van der Waals surface area (Å²) in [5.74, 6) is -12.7. The topological polar surface area (TPSA) is 146 Å². The van der Waals surface area contributed by atoms with Crippen molar-refractivity contribution >= 4 is 28.9 Å². The van der Waals surface area contributed by atoms with E-state index in [1.807, 2.05) is 0 Å². The van der Waals surface area contributed by atoms with Crippen LogP contribution >= 0.6 is 0 Å². The van der Waals surface area contributed by atoms with Crippen LogP contribution in [-0.2, 0) is 19.2 Å². The van der Waals surface area contributed by atoms with Crippen LogP contribution in [0.15, 0.2) is 36.4 Å². The molecule has 3 aliphatic carbocycles. The molecule has 5 rings (SSSR count). The molecule has 0 aliphatic heterocycles. The molecule has 3 N–H and O–H groups in total. The molecule has 3 aliphatic rings. The predicted molar refractivity (Wildman–Crippen MR) is 121 cm³/mol. The molecular weight excluding hydrogens is 471 g/mol. The number of halogens is 1. The summed E-state index contributed by atoms with van der Waals surface area (Å²) in [6.07, 6.45) is -2.14. The minimum Gasteiger partial charge on any atom is -0.507 e. The van der Waals surface area contributed by atoms with Crippen LogP contribution in [0.25, 0.3) is 11.1 Å². The SMILES string of the molecule is CC(=O)C1C(=O)CC2C(O)C3C(C(=O)c4c(ccc(-c5ccc(F)cc5)c4O)C3C)C(=O)C2(O)C1=O. The molecule has 9 heteroatoms. The average Bonchev–Trinajstić information content (AvgIpc) is 2.82. The summed E-state index contributed by atoms with van der Waals surface area (Å²) in [4.78, 5) is 65.0. The van der Waals surface area contributed by atoms with Gasteiger partial charge in [-0.3, -0.25) is 24.0 Å². The predicted octanol–water partition coefficient (Wildman–Crippen LogP) is 1.77. The van der Waals surface area contributed by atoms with Gasteiger partial charge in [-0.25, -0.2) is 4.39 Å². The molecule has 0 heterocycles. The van der Waals surface area contributed by atoms with Crippen molar-refractivity contribution < 1.29 is 43.7 Å². The summed E-state index contributed by atoms with van der Waals surface area (Å²) in [6, 6.07) is 8.33. The molecule has 7 atom stereocenters. The summed E-state index contributed by atoms with van der Waals surface area (Å²) in [5, 5.41) is 33.7.